The standard InChI is InChI=1S/C21H27N3O/c1-24(2)20-14-12-18(13-15-20)22-17-8-10-19(11-9-17)23-21(25)16-6-4-3-5-7-16/h8-16,22H,3-7H2,1-2H3,(H,23,25). The number of carbonyl (C=O) groups excluding carboxylic acids is 1. The molecule has 132 valence electrons. The van der Waals surface area contributed by atoms with Crippen LogP contribution in [0.2, 0.25) is 0 Å². The molecule has 2 N–H and O–H groups in total. The van der Waals surface area contributed by atoms with E-state index in [0.717, 1.165) is 29.9 Å². The summed E-state index contributed by atoms with van der Waals surface area (Å²) in [5.41, 5.74) is 4.09. The van der Waals surface area contributed by atoms with Gasteiger partial charge in [0.2, 0.25) is 5.91 Å². The third-order valence-electron chi connectivity index (χ3n) is 4.80. The first kappa shape index (κ1) is 17.3. The summed E-state index contributed by atoms with van der Waals surface area (Å²) in [6, 6.07) is 16.2. The highest BCUT2D eigenvalue weighted by Gasteiger charge is 2.20. The van der Waals surface area contributed by atoms with Crippen molar-refractivity contribution in [2.45, 2.75) is 32.1 Å². The minimum absolute atomic E-state index is 0.166. The fraction of sp³-hybridized carbons (Fsp3) is 0.381. The summed E-state index contributed by atoms with van der Waals surface area (Å²) in [6.07, 6.45) is 5.66. The molecule has 4 heteroatoms. The molecule has 0 spiro atoms. The predicted octanol–water partition coefficient (Wildman–Crippen LogP) is 5.02. The van der Waals surface area contributed by atoms with Crippen LogP contribution in [0.4, 0.5) is 22.7 Å². The third kappa shape index (κ3) is 4.75. The molecule has 1 amide bonds. The summed E-state index contributed by atoms with van der Waals surface area (Å²) in [5, 5.41) is 6.43. The Kier molecular flexibility index (Phi) is 5.59. The third-order valence-corrected chi connectivity index (χ3v) is 4.80. The molecule has 1 aliphatic rings. The molecule has 1 saturated carbocycles. The van der Waals surface area contributed by atoms with Crippen LogP contribution >= 0.6 is 0 Å². The molecular weight excluding hydrogens is 310 g/mol. The summed E-state index contributed by atoms with van der Waals surface area (Å²) < 4.78 is 0. The van der Waals surface area contributed by atoms with Crippen LogP contribution in [0.15, 0.2) is 48.5 Å². The lowest BCUT2D eigenvalue weighted by atomic mass is 9.88. The van der Waals surface area contributed by atoms with E-state index in [9.17, 15) is 4.79 Å². The zero-order valence-electron chi connectivity index (χ0n) is 15.1. The second-order valence-corrected chi connectivity index (χ2v) is 6.97. The van der Waals surface area contributed by atoms with Gasteiger partial charge < -0.3 is 15.5 Å². The topological polar surface area (TPSA) is 44.4 Å². The number of hydrogen-bond donors (Lipinski definition) is 2. The number of hydrogen-bond acceptors (Lipinski definition) is 3. The largest absolute Gasteiger partial charge is 0.378 e. The highest BCUT2D eigenvalue weighted by molar-refractivity contribution is 5.92. The lowest BCUT2D eigenvalue weighted by molar-refractivity contribution is -0.120. The smallest absolute Gasteiger partial charge is 0.227 e. The van der Waals surface area contributed by atoms with Gasteiger partial charge in [0.25, 0.3) is 0 Å². The lowest BCUT2D eigenvalue weighted by Crippen LogP contribution is -2.24. The SMILES string of the molecule is CN(C)c1ccc(Nc2ccc(NC(=O)C3CCCCC3)cc2)cc1. The van der Waals surface area contributed by atoms with Crippen molar-refractivity contribution in [1.82, 2.24) is 0 Å². The second kappa shape index (κ2) is 8.06. The van der Waals surface area contributed by atoms with Crippen molar-refractivity contribution in [1.29, 1.82) is 0 Å². The van der Waals surface area contributed by atoms with Crippen molar-refractivity contribution in [3.8, 4) is 0 Å². The molecule has 0 bridgehead atoms. The molecule has 2 aromatic rings. The van der Waals surface area contributed by atoms with E-state index < -0.39 is 0 Å². The molecule has 1 fully saturated rings. The van der Waals surface area contributed by atoms with E-state index in [1.807, 2.05) is 38.4 Å². The van der Waals surface area contributed by atoms with Gasteiger partial charge >= 0.3 is 0 Å². The van der Waals surface area contributed by atoms with E-state index in [0.29, 0.717) is 0 Å². The Balaban J connectivity index is 1.57. The average Bonchev–Trinajstić information content (AvgIpc) is 2.64. The number of amides is 1. The monoisotopic (exact) mass is 337 g/mol. The molecule has 4 nitrogen and oxygen atoms in total. The zero-order chi connectivity index (χ0) is 17.6. The molecule has 0 atom stereocenters. The Morgan fingerprint density at radius 3 is 1.92 bits per heavy atom. The molecule has 0 heterocycles. The van der Waals surface area contributed by atoms with Crippen molar-refractivity contribution in [2.24, 2.45) is 5.92 Å². The maximum Gasteiger partial charge on any atom is 0.227 e. The van der Waals surface area contributed by atoms with Gasteiger partial charge in [-0.2, -0.15) is 0 Å². The Morgan fingerprint density at radius 1 is 0.840 bits per heavy atom. The van der Waals surface area contributed by atoms with Gasteiger partial charge in [0.15, 0.2) is 0 Å². The second-order valence-electron chi connectivity index (χ2n) is 6.97. The van der Waals surface area contributed by atoms with E-state index in [2.05, 4.69) is 39.8 Å². The van der Waals surface area contributed by atoms with Crippen molar-refractivity contribution in [3.05, 3.63) is 48.5 Å². The van der Waals surface area contributed by atoms with Crippen LogP contribution in [0, 0.1) is 5.92 Å². The molecule has 3 rings (SSSR count). The van der Waals surface area contributed by atoms with Crippen LogP contribution in [0.1, 0.15) is 32.1 Å². The molecule has 25 heavy (non-hydrogen) atoms. The number of nitrogens with one attached hydrogen (secondary N) is 2. The molecule has 0 aliphatic heterocycles. The van der Waals surface area contributed by atoms with E-state index in [1.54, 1.807) is 0 Å². The predicted molar refractivity (Wildman–Crippen MR) is 106 cm³/mol. The molecule has 0 saturated heterocycles. The van der Waals surface area contributed by atoms with Crippen molar-refractivity contribution in [2.75, 3.05) is 29.6 Å². The Bertz CT molecular complexity index is 686. The number of benzene rings is 2. The first-order chi connectivity index (χ1) is 12.1. The molecule has 0 radical (unpaired) electrons. The maximum atomic E-state index is 12.3. The zero-order valence-corrected chi connectivity index (χ0v) is 15.1. The minimum atomic E-state index is 0.166. The Labute approximate surface area is 150 Å². The number of carbonyl (C=O) groups is 1. The van der Waals surface area contributed by atoms with Gasteiger partial charge in [-0.1, -0.05) is 19.3 Å². The summed E-state index contributed by atoms with van der Waals surface area (Å²) in [6.45, 7) is 0. The lowest BCUT2D eigenvalue weighted by Gasteiger charge is -2.20. The van der Waals surface area contributed by atoms with Gasteiger partial charge in [-0.25, -0.2) is 0 Å². The first-order valence-corrected chi connectivity index (χ1v) is 9.07. The van der Waals surface area contributed by atoms with Crippen LogP contribution in [0.25, 0.3) is 0 Å². The quantitative estimate of drug-likeness (QED) is 0.805. The normalized spacial score (nSPS) is 14.8. The first-order valence-electron chi connectivity index (χ1n) is 9.07. The summed E-state index contributed by atoms with van der Waals surface area (Å²) >= 11 is 0. The van der Waals surface area contributed by atoms with Gasteiger partial charge in [0.1, 0.15) is 0 Å². The minimum Gasteiger partial charge on any atom is -0.378 e. The number of rotatable bonds is 5. The average molecular weight is 337 g/mol. The van der Waals surface area contributed by atoms with E-state index in [-0.39, 0.29) is 11.8 Å². The Hall–Kier alpha value is -2.49. The summed E-state index contributed by atoms with van der Waals surface area (Å²) in [5.74, 6) is 0.349. The fourth-order valence-corrected chi connectivity index (χ4v) is 3.26. The van der Waals surface area contributed by atoms with Gasteiger partial charge in [-0.3, -0.25) is 4.79 Å². The van der Waals surface area contributed by atoms with Crippen LogP contribution in [0.5, 0.6) is 0 Å². The van der Waals surface area contributed by atoms with Crippen molar-refractivity contribution >= 4 is 28.7 Å². The fourth-order valence-electron chi connectivity index (χ4n) is 3.26. The Morgan fingerprint density at radius 2 is 1.36 bits per heavy atom. The highest BCUT2D eigenvalue weighted by atomic mass is 16.1. The molecule has 0 aromatic heterocycles. The van der Waals surface area contributed by atoms with E-state index >= 15 is 0 Å². The maximum absolute atomic E-state index is 12.3. The van der Waals surface area contributed by atoms with Crippen LogP contribution in [0.3, 0.4) is 0 Å². The molecule has 1 aliphatic carbocycles. The van der Waals surface area contributed by atoms with E-state index in [4.69, 9.17) is 0 Å². The van der Waals surface area contributed by atoms with E-state index in [1.165, 1.54) is 24.9 Å². The van der Waals surface area contributed by atoms with Gasteiger partial charge in [-0.15, -0.1) is 0 Å². The summed E-state index contributed by atoms with van der Waals surface area (Å²) in [7, 11) is 4.06. The van der Waals surface area contributed by atoms with Crippen molar-refractivity contribution < 1.29 is 4.79 Å². The number of nitrogens with zero attached hydrogens (tertiary/aromatic N) is 1. The van der Waals surface area contributed by atoms with Crippen molar-refractivity contribution in [3.63, 3.8) is 0 Å². The number of anilines is 4. The summed E-state index contributed by atoms with van der Waals surface area (Å²) in [4.78, 5) is 14.4. The molecular formula is C21H27N3O. The van der Waals surface area contributed by atoms with Gasteiger partial charge in [0, 0.05) is 42.8 Å². The van der Waals surface area contributed by atoms with Gasteiger partial charge in [0.05, 0.1) is 0 Å². The van der Waals surface area contributed by atoms with Gasteiger partial charge in [-0.05, 0) is 61.4 Å². The van der Waals surface area contributed by atoms with Crippen LogP contribution in [-0.4, -0.2) is 20.0 Å². The van der Waals surface area contributed by atoms with Crippen LogP contribution in [-0.2, 0) is 4.79 Å². The van der Waals surface area contributed by atoms with Crippen LogP contribution < -0.4 is 15.5 Å². The molecule has 0 unspecified atom stereocenters. The molecule has 2 aromatic carbocycles. The highest BCUT2D eigenvalue weighted by Crippen LogP contribution is 2.26.